The number of fused-ring (bicyclic) bond motifs is 1. The Kier molecular flexibility index (Phi) is 5.17. The largest absolute Gasteiger partial charge is 0.493 e. The van der Waals surface area contributed by atoms with Gasteiger partial charge in [-0.3, -0.25) is 4.79 Å². The zero-order valence-electron chi connectivity index (χ0n) is 14.8. The molecule has 1 N–H and O–H groups in total. The van der Waals surface area contributed by atoms with E-state index in [-0.39, 0.29) is 5.91 Å². The van der Waals surface area contributed by atoms with Crippen LogP contribution in [0.15, 0.2) is 12.1 Å². The SMILES string of the molecule is COc1ccc(CCC(=O)N[C@@H]2CCC[C@H]3C[C@H]32)c(OC)c1OC. The third kappa shape index (κ3) is 3.45. The van der Waals surface area contributed by atoms with Crippen LogP contribution in [0.1, 0.15) is 37.7 Å². The van der Waals surface area contributed by atoms with Crippen LogP contribution in [0.2, 0.25) is 0 Å². The standard InChI is InChI=1S/C19H27NO4/c1-22-16-9-7-12(18(23-2)19(16)24-3)8-10-17(21)20-15-6-4-5-13-11-14(13)15/h7,9,13-15H,4-6,8,10-11H2,1-3H3,(H,20,21)/t13-,14+,15+/m0/s1. The lowest BCUT2D eigenvalue weighted by atomic mass is 9.95. The molecule has 2 aliphatic carbocycles. The van der Waals surface area contributed by atoms with E-state index >= 15 is 0 Å². The average molecular weight is 333 g/mol. The molecule has 0 heterocycles. The highest BCUT2D eigenvalue weighted by molar-refractivity contribution is 5.77. The number of rotatable bonds is 7. The Morgan fingerprint density at radius 1 is 1.12 bits per heavy atom. The molecule has 0 spiro atoms. The summed E-state index contributed by atoms with van der Waals surface area (Å²) in [5, 5.41) is 3.23. The molecule has 0 unspecified atom stereocenters. The Hall–Kier alpha value is -1.91. The fourth-order valence-corrected chi connectivity index (χ4v) is 3.98. The van der Waals surface area contributed by atoms with E-state index in [1.165, 1.54) is 19.3 Å². The van der Waals surface area contributed by atoms with Crippen LogP contribution in [-0.4, -0.2) is 33.3 Å². The van der Waals surface area contributed by atoms with Crippen molar-refractivity contribution >= 4 is 5.91 Å². The van der Waals surface area contributed by atoms with Crippen LogP contribution in [0.25, 0.3) is 0 Å². The Balaban J connectivity index is 1.60. The second-order valence-electron chi connectivity index (χ2n) is 6.76. The van der Waals surface area contributed by atoms with Crippen molar-refractivity contribution in [3.05, 3.63) is 17.7 Å². The zero-order chi connectivity index (χ0) is 17.1. The van der Waals surface area contributed by atoms with Crippen molar-refractivity contribution in [2.75, 3.05) is 21.3 Å². The van der Waals surface area contributed by atoms with Gasteiger partial charge in [-0.1, -0.05) is 18.9 Å². The Morgan fingerprint density at radius 3 is 2.62 bits per heavy atom. The first-order chi connectivity index (χ1) is 11.7. The van der Waals surface area contributed by atoms with Crippen LogP contribution < -0.4 is 19.5 Å². The van der Waals surface area contributed by atoms with E-state index < -0.39 is 0 Å². The lowest BCUT2D eigenvalue weighted by Gasteiger charge is -2.22. The van der Waals surface area contributed by atoms with Gasteiger partial charge >= 0.3 is 0 Å². The number of hydrogen-bond donors (Lipinski definition) is 1. The molecule has 1 amide bonds. The predicted octanol–water partition coefficient (Wildman–Crippen LogP) is 2.95. The molecule has 24 heavy (non-hydrogen) atoms. The van der Waals surface area contributed by atoms with Gasteiger partial charge in [0, 0.05) is 12.5 Å². The lowest BCUT2D eigenvalue weighted by molar-refractivity contribution is -0.122. The number of carbonyl (C=O) groups is 1. The number of carbonyl (C=O) groups excluding carboxylic acids is 1. The lowest BCUT2D eigenvalue weighted by Crippen LogP contribution is -2.38. The van der Waals surface area contributed by atoms with Crippen molar-refractivity contribution in [1.82, 2.24) is 5.32 Å². The number of methoxy groups -OCH3 is 3. The molecule has 132 valence electrons. The van der Waals surface area contributed by atoms with E-state index in [0.717, 1.165) is 23.8 Å². The van der Waals surface area contributed by atoms with Gasteiger partial charge in [0.25, 0.3) is 0 Å². The monoisotopic (exact) mass is 333 g/mol. The van der Waals surface area contributed by atoms with Gasteiger partial charge in [-0.25, -0.2) is 0 Å². The van der Waals surface area contributed by atoms with E-state index in [4.69, 9.17) is 14.2 Å². The third-order valence-electron chi connectivity index (χ3n) is 5.34. The van der Waals surface area contributed by atoms with Crippen LogP contribution >= 0.6 is 0 Å². The van der Waals surface area contributed by atoms with Crippen molar-refractivity contribution in [2.45, 2.75) is 44.6 Å². The summed E-state index contributed by atoms with van der Waals surface area (Å²) in [5.41, 5.74) is 0.957. The van der Waals surface area contributed by atoms with E-state index in [2.05, 4.69) is 5.32 Å². The summed E-state index contributed by atoms with van der Waals surface area (Å²) in [6.45, 7) is 0. The number of amides is 1. The normalized spacial score (nSPS) is 24.7. The zero-order valence-corrected chi connectivity index (χ0v) is 14.8. The quantitative estimate of drug-likeness (QED) is 0.833. The second-order valence-corrected chi connectivity index (χ2v) is 6.76. The number of benzene rings is 1. The molecule has 0 bridgehead atoms. The molecule has 1 aromatic carbocycles. The molecule has 0 radical (unpaired) electrons. The molecule has 1 aromatic rings. The van der Waals surface area contributed by atoms with Crippen molar-refractivity contribution in [2.24, 2.45) is 11.8 Å². The van der Waals surface area contributed by atoms with Gasteiger partial charge in [-0.05, 0) is 42.7 Å². The number of hydrogen-bond acceptors (Lipinski definition) is 4. The van der Waals surface area contributed by atoms with Crippen LogP contribution in [0, 0.1) is 11.8 Å². The number of nitrogens with one attached hydrogen (secondary N) is 1. The molecule has 0 aromatic heterocycles. The summed E-state index contributed by atoms with van der Waals surface area (Å²) in [6.07, 6.45) is 6.10. The molecule has 5 nitrogen and oxygen atoms in total. The fourth-order valence-electron chi connectivity index (χ4n) is 3.98. The topological polar surface area (TPSA) is 56.8 Å². The van der Waals surface area contributed by atoms with E-state index in [0.29, 0.717) is 36.1 Å². The summed E-state index contributed by atoms with van der Waals surface area (Å²) in [7, 11) is 4.79. The van der Waals surface area contributed by atoms with E-state index in [1.807, 2.05) is 12.1 Å². The Labute approximate surface area is 143 Å². The maximum Gasteiger partial charge on any atom is 0.220 e. The smallest absolute Gasteiger partial charge is 0.220 e. The van der Waals surface area contributed by atoms with Crippen molar-refractivity contribution < 1.29 is 19.0 Å². The highest BCUT2D eigenvalue weighted by Gasteiger charge is 2.45. The van der Waals surface area contributed by atoms with E-state index in [1.54, 1.807) is 21.3 Å². The molecule has 2 fully saturated rings. The minimum absolute atomic E-state index is 0.129. The summed E-state index contributed by atoms with van der Waals surface area (Å²) >= 11 is 0. The van der Waals surface area contributed by atoms with Crippen molar-refractivity contribution in [1.29, 1.82) is 0 Å². The molecular formula is C19H27NO4. The van der Waals surface area contributed by atoms with Gasteiger partial charge in [0.1, 0.15) is 0 Å². The Bertz CT molecular complexity index is 601. The van der Waals surface area contributed by atoms with Crippen LogP contribution in [0.5, 0.6) is 17.2 Å². The predicted molar refractivity (Wildman–Crippen MR) is 91.8 cm³/mol. The molecule has 2 aliphatic rings. The van der Waals surface area contributed by atoms with Gasteiger partial charge in [0.05, 0.1) is 21.3 Å². The highest BCUT2D eigenvalue weighted by atomic mass is 16.5. The maximum atomic E-state index is 12.3. The molecule has 2 saturated carbocycles. The summed E-state index contributed by atoms with van der Waals surface area (Å²) in [4.78, 5) is 12.3. The molecule has 0 saturated heterocycles. The van der Waals surface area contributed by atoms with E-state index in [9.17, 15) is 4.79 Å². The van der Waals surface area contributed by atoms with Crippen LogP contribution in [0.3, 0.4) is 0 Å². The summed E-state index contributed by atoms with van der Waals surface area (Å²) in [6, 6.07) is 4.18. The van der Waals surface area contributed by atoms with Gasteiger partial charge in [0.15, 0.2) is 11.5 Å². The number of ether oxygens (including phenoxy) is 3. The van der Waals surface area contributed by atoms with Gasteiger partial charge in [-0.2, -0.15) is 0 Å². The third-order valence-corrected chi connectivity index (χ3v) is 5.34. The minimum Gasteiger partial charge on any atom is -0.493 e. The van der Waals surface area contributed by atoms with Gasteiger partial charge in [0.2, 0.25) is 11.7 Å². The fraction of sp³-hybridized carbons (Fsp3) is 0.632. The minimum atomic E-state index is 0.129. The van der Waals surface area contributed by atoms with Gasteiger partial charge < -0.3 is 19.5 Å². The first-order valence-corrected chi connectivity index (χ1v) is 8.75. The van der Waals surface area contributed by atoms with Crippen LogP contribution in [0.4, 0.5) is 0 Å². The Morgan fingerprint density at radius 2 is 1.92 bits per heavy atom. The first-order valence-electron chi connectivity index (χ1n) is 8.75. The number of aryl methyl sites for hydroxylation is 1. The highest BCUT2D eigenvalue weighted by Crippen LogP contribution is 2.49. The van der Waals surface area contributed by atoms with Gasteiger partial charge in [-0.15, -0.1) is 0 Å². The summed E-state index contributed by atoms with van der Waals surface area (Å²) in [5.74, 6) is 3.58. The summed E-state index contributed by atoms with van der Waals surface area (Å²) < 4.78 is 16.2. The molecule has 3 atom stereocenters. The second kappa shape index (κ2) is 7.32. The molecule has 0 aliphatic heterocycles. The van der Waals surface area contributed by atoms with Crippen LogP contribution in [-0.2, 0) is 11.2 Å². The average Bonchev–Trinajstić information content (AvgIpc) is 3.39. The molecule has 5 heteroatoms. The molecular weight excluding hydrogens is 306 g/mol. The first kappa shape index (κ1) is 16.9. The maximum absolute atomic E-state index is 12.3. The van der Waals surface area contributed by atoms with Crippen molar-refractivity contribution in [3.63, 3.8) is 0 Å². The molecule has 3 rings (SSSR count). The van der Waals surface area contributed by atoms with Crippen molar-refractivity contribution in [3.8, 4) is 17.2 Å².